The van der Waals surface area contributed by atoms with E-state index in [1.165, 1.54) is 0 Å². The van der Waals surface area contributed by atoms with E-state index in [2.05, 4.69) is 10.1 Å². The first-order valence-corrected chi connectivity index (χ1v) is 6.26. The summed E-state index contributed by atoms with van der Waals surface area (Å²) < 4.78 is 23.5. The minimum absolute atomic E-state index is 0.0852. The van der Waals surface area contributed by atoms with Gasteiger partial charge in [-0.05, 0) is 12.1 Å². The molecule has 21 heavy (non-hydrogen) atoms. The number of hydrogen-bond acceptors (Lipinski definition) is 5. The van der Waals surface area contributed by atoms with Crippen molar-refractivity contribution in [2.24, 2.45) is 0 Å². The molecule has 1 N–H and O–H groups in total. The Morgan fingerprint density at radius 2 is 2.14 bits per heavy atom. The fraction of sp³-hybridized carbons (Fsp3) is 0.357. The van der Waals surface area contributed by atoms with Crippen LogP contribution in [-0.2, 0) is 12.0 Å². The summed E-state index contributed by atoms with van der Waals surface area (Å²) in [5, 5.41) is 12.8. The average molecular weight is 294 g/mol. The summed E-state index contributed by atoms with van der Waals surface area (Å²) in [6, 6.07) is 3.20. The molecule has 0 aliphatic carbocycles. The third kappa shape index (κ3) is 3.56. The summed E-state index contributed by atoms with van der Waals surface area (Å²) in [4.78, 5) is 15.2. The predicted molar refractivity (Wildman–Crippen MR) is 70.7 cm³/mol. The van der Waals surface area contributed by atoms with Crippen molar-refractivity contribution < 1.29 is 23.6 Å². The molecule has 0 bridgehead atoms. The first-order valence-electron chi connectivity index (χ1n) is 6.26. The monoisotopic (exact) mass is 294 g/mol. The van der Waals surface area contributed by atoms with Gasteiger partial charge in [0.25, 0.3) is 5.89 Å². The highest BCUT2D eigenvalue weighted by Gasteiger charge is 2.21. The number of carboxylic acids is 1. The van der Waals surface area contributed by atoms with Gasteiger partial charge in [-0.3, -0.25) is 0 Å². The number of nitrogens with zero attached hydrogens (tertiary/aromatic N) is 2. The maximum absolute atomic E-state index is 13.2. The Balaban J connectivity index is 2.15. The van der Waals surface area contributed by atoms with Gasteiger partial charge in [-0.25, -0.2) is 9.18 Å². The normalized spacial score (nSPS) is 11.4. The lowest BCUT2D eigenvalue weighted by molar-refractivity contribution is 0.0691. The maximum Gasteiger partial charge on any atom is 0.339 e. The highest BCUT2D eigenvalue weighted by atomic mass is 19.1. The van der Waals surface area contributed by atoms with Crippen molar-refractivity contribution in [1.29, 1.82) is 0 Å². The Labute approximate surface area is 120 Å². The fourth-order valence-corrected chi connectivity index (χ4v) is 1.55. The molecule has 1 heterocycles. The minimum Gasteiger partial charge on any atom is -0.483 e. The van der Waals surface area contributed by atoms with E-state index in [0.717, 1.165) is 18.2 Å². The topological polar surface area (TPSA) is 85.5 Å². The quantitative estimate of drug-likeness (QED) is 0.933. The molecule has 0 unspecified atom stereocenters. The van der Waals surface area contributed by atoms with Crippen molar-refractivity contribution in [3.8, 4) is 5.75 Å². The van der Waals surface area contributed by atoms with Crippen molar-refractivity contribution in [2.45, 2.75) is 32.8 Å². The Bertz CT molecular complexity index is 661. The second-order valence-corrected chi connectivity index (χ2v) is 5.50. The van der Waals surface area contributed by atoms with E-state index in [1.54, 1.807) is 0 Å². The SMILES string of the molecule is CC(C)(C)c1noc(COc2cc(F)ccc2C(=O)O)n1. The first-order chi connectivity index (χ1) is 9.77. The molecular formula is C14H15FN2O4. The molecule has 0 atom stereocenters. The van der Waals surface area contributed by atoms with Crippen LogP contribution >= 0.6 is 0 Å². The average Bonchev–Trinajstić information content (AvgIpc) is 2.84. The van der Waals surface area contributed by atoms with Gasteiger partial charge in [0.2, 0.25) is 0 Å². The Hall–Kier alpha value is -2.44. The largest absolute Gasteiger partial charge is 0.483 e. The van der Waals surface area contributed by atoms with E-state index in [1.807, 2.05) is 20.8 Å². The zero-order valence-electron chi connectivity index (χ0n) is 11.9. The lowest BCUT2D eigenvalue weighted by Gasteiger charge is -2.11. The van der Waals surface area contributed by atoms with Crippen LogP contribution in [0.25, 0.3) is 0 Å². The van der Waals surface area contributed by atoms with Gasteiger partial charge in [-0.1, -0.05) is 25.9 Å². The molecule has 0 aliphatic rings. The molecule has 0 amide bonds. The second kappa shape index (κ2) is 5.51. The zero-order valence-corrected chi connectivity index (χ0v) is 11.9. The molecule has 0 saturated heterocycles. The molecule has 1 aromatic carbocycles. The minimum atomic E-state index is -1.20. The van der Waals surface area contributed by atoms with E-state index in [4.69, 9.17) is 14.4 Å². The van der Waals surface area contributed by atoms with E-state index in [-0.39, 0.29) is 29.2 Å². The van der Waals surface area contributed by atoms with Crippen molar-refractivity contribution in [2.75, 3.05) is 0 Å². The van der Waals surface area contributed by atoms with E-state index in [9.17, 15) is 9.18 Å². The van der Waals surface area contributed by atoms with Gasteiger partial charge in [-0.15, -0.1) is 0 Å². The lowest BCUT2D eigenvalue weighted by atomic mass is 9.96. The van der Waals surface area contributed by atoms with Crippen LogP contribution in [0.15, 0.2) is 22.7 Å². The number of ether oxygens (including phenoxy) is 1. The molecule has 7 heteroatoms. The van der Waals surface area contributed by atoms with Crippen LogP contribution in [0.4, 0.5) is 4.39 Å². The number of benzene rings is 1. The Morgan fingerprint density at radius 3 is 2.71 bits per heavy atom. The Morgan fingerprint density at radius 1 is 1.43 bits per heavy atom. The van der Waals surface area contributed by atoms with Gasteiger partial charge >= 0.3 is 5.97 Å². The number of carboxylic acid groups (broad SMARTS) is 1. The number of rotatable bonds is 4. The smallest absolute Gasteiger partial charge is 0.339 e. The summed E-state index contributed by atoms with van der Waals surface area (Å²) in [5.41, 5.74) is -0.403. The molecule has 0 saturated carbocycles. The third-order valence-corrected chi connectivity index (χ3v) is 2.66. The number of aromatic carboxylic acids is 1. The van der Waals surface area contributed by atoms with Gasteiger partial charge in [-0.2, -0.15) is 4.98 Å². The Kier molecular flexibility index (Phi) is 3.93. The second-order valence-electron chi connectivity index (χ2n) is 5.50. The maximum atomic E-state index is 13.2. The summed E-state index contributed by atoms with van der Waals surface area (Å²) >= 11 is 0. The van der Waals surface area contributed by atoms with E-state index in [0.29, 0.717) is 5.82 Å². The van der Waals surface area contributed by atoms with E-state index < -0.39 is 11.8 Å². The molecule has 0 spiro atoms. The number of aromatic nitrogens is 2. The number of halogens is 1. The molecule has 1 aromatic heterocycles. The van der Waals surface area contributed by atoms with Crippen molar-refractivity contribution >= 4 is 5.97 Å². The van der Waals surface area contributed by atoms with Gasteiger partial charge in [0, 0.05) is 11.5 Å². The lowest BCUT2D eigenvalue weighted by Crippen LogP contribution is -2.13. The molecule has 112 valence electrons. The zero-order chi connectivity index (χ0) is 15.6. The van der Waals surface area contributed by atoms with Crippen LogP contribution < -0.4 is 4.74 Å². The molecule has 0 radical (unpaired) electrons. The van der Waals surface area contributed by atoms with Crippen molar-refractivity contribution in [3.05, 3.63) is 41.3 Å². The third-order valence-electron chi connectivity index (χ3n) is 2.66. The summed E-state index contributed by atoms with van der Waals surface area (Å²) in [6.07, 6.45) is 0. The number of carbonyl (C=O) groups is 1. The van der Waals surface area contributed by atoms with Crippen LogP contribution in [0, 0.1) is 5.82 Å². The van der Waals surface area contributed by atoms with Crippen LogP contribution in [0.5, 0.6) is 5.75 Å². The van der Waals surface area contributed by atoms with Gasteiger partial charge in [0.1, 0.15) is 17.1 Å². The molecule has 0 fully saturated rings. The molecule has 6 nitrogen and oxygen atoms in total. The molecule has 2 aromatic rings. The highest BCUT2D eigenvalue weighted by Crippen LogP contribution is 2.22. The summed E-state index contributed by atoms with van der Waals surface area (Å²) in [7, 11) is 0. The summed E-state index contributed by atoms with van der Waals surface area (Å²) in [5.74, 6) is -1.17. The van der Waals surface area contributed by atoms with Crippen LogP contribution in [0.1, 0.15) is 42.8 Å². The van der Waals surface area contributed by atoms with Gasteiger partial charge in [0.05, 0.1) is 0 Å². The van der Waals surface area contributed by atoms with Crippen LogP contribution in [0.2, 0.25) is 0 Å². The van der Waals surface area contributed by atoms with Gasteiger partial charge < -0.3 is 14.4 Å². The predicted octanol–water partition coefficient (Wildman–Crippen LogP) is 2.78. The fourth-order valence-electron chi connectivity index (χ4n) is 1.55. The molecule has 2 rings (SSSR count). The standard InChI is InChI=1S/C14H15FN2O4/c1-14(2,3)13-16-11(21-17-13)7-20-10-6-8(15)4-5-9(10)12(18)19/h4-6H,7H2,1-3H3,(H,18,19). The van der Waals surface area contributed by atoms with Crippen molar-refractivity contribution in [3.63, 3.8) is 0 Å². The van der Waals surface area contributed by atoms with Gasteiger partial charge in [0.15, 0.2) is 12.4 Å². The first kappa shape index (κ1) is 15.0. The number of hydrogen-bond donors (Lipinski definition) is 1. The van der Waals surface area contributed by atoms with E-state index >= 15 is 0 Å². The molecular weight excluding hydrogens is 279 g/mol. The molecule has 0 aliphatic heterocycles. The van der Waals surface area contributed by atoms with Crippen LogP contribution in [0.3, 0.4) is 0 Å². The highest BCUT2D eigenvalue weighted by molar-refractivity contribution is 5.90. The summed E-state index contributed by atoms with van der Waals surface area (Å²) in [6.45, 7) is 5.65. The van der Waals surface area contributed by atoms with Crippen LogP contribution in [-0.4, -0.2) is 21.2 Å². The van der Waals surface area contributed by atoms with Crippen molar-refractivity contribution in [1.82, 2.24) is 10.1 Å².